The molecule has 0 spiro atoms. The maximum atomic E-state index is 13.5. The van der Waals surface area contributed by atoms with E-state index in [1.807, 2.05) is 0 Å². The zero-order valence-corrected chi connectivity index (χ0v) is 13.4. The van der Waals surface area contributed by atoms with Crippen molar-refractivity contribution in [3.05, 3.63) is 29.6 Å². The standard InChI is InChI=1S/C16H20F3N3O2/c1-10(16(24)22-5-3-2-4-6-22)21-15(23)9-20-14-8-12(18)11(17)7-13(14)19/h7-8,10,20H,2-6,9H2,1H3,(H,21,23). The number of nitrogens with zero attached hydrogens (tertiary/aromatic N) is 1. The van der Waals surface area contributed by atoms with Crippen LogP contribution in [-0.4, -0.2) is 42.4 Å². The van der Waals surface area contributed by atoms with Gasteiger partial charge in [0.1, 0.15) is 11.9 Å². The molecular formula is C16H20F3N3O2. The Bertz CT molecular complexity index is 619. The number of halogens is 3. The zero-order chi connectivity index (χ0) is 17.7. The van der Waals surface area contributed by atoms with E-state index in [-0.39, 0.29) is 18.1 Å². The molecule has 1 heterocycles. The first kappa shape index (κ1) is 18.1. The first-order valence-corrected chi connectivity index (χ1v) is 7.85. The third kappa shape index (κ3) is 4.62. The van der Waals surface area contributed by atoms with Gasteiger partial charge in [-0.1, -0.05) is 0 Å². The molecule has 1 unspecified atom stereocenters. The van der Waals surface area contributed by atoms with E-state index in [0.29, 0.717) is 25.2 Å². The van der Waals surface area contributed by atoms with Crippen molar-refractivity contribution in [2.24, 2.45) is 0 Å². The highest BCUT2D eigenvalue weighted by atomic mass is 19.2. The van der Waals surface area contributed by atoms with Gasteiger partial charge in [0.2, 0.25) is 11.8 Å². The van der Waals surface area contributed by atoms with E-state index in [9.17, 15) is 22.8 Å². The minimum atomic E-state index is -1.30. The molecule has 2 rings (SSSR count). The molecule has 24 heavy (non-hydrogen) atoms. The van der Waals surface area contributed by atoms with Gasteiger partial charge in [-0.3, -0.25) is 9.59 Å². The Hall–Kier alpha value is -2.25. The molecule has 1 aliphatic heterocycles. The van der Waals surface area contributed by atoms with Crippen LogP contribution >= 0.6 is 0 Å². The first-order valence-electron chi connectivity index (χ1n) is 7.85. The predicted octanol–water partition coefficient (Wildman–Crippen LogP) is 2.03. The van der Waals surface area contributed by atoms with Crippen LogP contribution in [0.5, 0.6) is 0 Å². The summed E-state index contributed by atoms with van der Waals surface area (Å²) in [5, 5.41) is 4.90. The Morgan fingerprint density at radius 1 is 1.08 bits per heavy atom. The number of benzene rings is 1. The number of anilines is 1. The summed E-state index contributed by atoms with van der Waals surface area (Å²) < 4.78 is 39.4. The van der Waals surface area contributed by atoms with Gasteiger partial charge in [-0.2, -0.15) is 0 Å². The zero-order valence-electron chi connectivity index (χ0n) is 13.4. The van der Waals surface area contributed by atoms with Crippen molar-refractivity contribution >= 4 is 17.5 Å². The lowest BCUT2D eigenvalue weighted by atomic mass is 10.1. The third-order valence-electron chi connectivity index (χ3n) is 3.87. The number of carbonyl (C=O) groups is 2. The van der Waals surface area contributed by atoms with Crippen LogP contribution in [0.2, 0.25) is 0 Å². The van der Waals surface area contributed by atoms with Crippen LogP contribution in [0, 0.1) is 17.5 Å². The molecule has 0 aromatic heterocycles. The van der Waals surface area contributed by atoms with Gasteiger partial charge in [0.15, 0.2) is 11.6 Å². The summed E-state index contributed by atoms with van der Waals surface area (Å²) in [6.45, 7) is 2.57. The average molecular weight is 343 g/mol. The Balaban J connectivity index is 1.84. The monoisotopic (exact) mass is 343 g/mol. The summed E-state index contributed by atoms with van der Waals surface area (Å²) in [6, 6.07) is 0.338. The molecular weight excluding hydrogens is 323 g/mol. The number of amides is 2. The highest BCUT2D eigenvalue weighted by molar-refractivity contribution is 5.89. The van der Waals surface area contributed by atoms with Crippen LogP contribution in [0.25, 0.3) is 0 Å². The topological polar surface area (TPSA) is 61.4 Å². The summed E-state index contributed by atoms with van der Waals surface area (Å²) in [6.07, 6.45) is 2.99. The normalized spacial score (nSPS) is 15.8. The molecule has 1 saturated heterocycles. The van der Waals surface area contributed by atoms with E-state index >= 15 is 0 Å². The molecule has 0 saturated carbocycles. The fraction of sp³-hybridized carbons (Fsp3) is 0.500. The van der Waals surface area contributed by atoms with Crippen LogP contribution in [0.15, 0.2) is 12.1 Å². The van der Waals surface area contributed by atoms with Gasteiger partial charge in [0.05, 0.1) is 12.2 Å². The molecule has 1 fully saturated rings. The van der Waals surface area contributed by atoms with Crippen LogP contribution in [-0.2, 0) is 9.59 Å². The summed E-state index contributed by atoms with van der Waals surface area (Å²) in [7, 11) is 0. The molecule has 8 heteroatoms. The number of likely N-dealkylation sites (tertiary alicyclic amines) is 1. The van der Waals surface area contributed by atoms with Crippen molar-refractivity contribution < 1.29 is 22.8 Å². The molecule has 5 nitrogen and oxygen atoms in total. The lowest BCUT2D eigenvalue weighted by molar-refractivity contribution is -0.136. The summed E-state index contributed by atoms with van der Waals surface area (Å²) in [5.41, 5.74) is -0.320. The SMILES string of the molecule is CC(NC(=O)CNc1cc(F)c(F)cc1F)C(=O)N1CCCCC1. The average Bonchev–Trinajstić information content (AvgIpc) is 2.57. The largest absolute Gasteiger partial charge is 0.374 e. The number of carbonyl (C=O) groups excluding carboxylic acids is 2. The molecule has 0 radical (unpaired) electrons. The Labute approximate surface area is 138 Å². The van der Waals surface area contributed by atoms with Gasteiger partial charge < -0.3 is 15.5 Å². The van der Waals surface area contributed by atoms with Crippen LogP contribution < -0.4 is 10.6 Å². The van der Waals surface area contributed by atoms with Gasteiger partial charge in [-0.25, -0.2) is 13.2 Å². The molecule has 1 atom stereocenters. The van der Waals surface area contributed by atoms with E-state index < -0.39 is 29.4 Å². The van der Waals surface area contributed by atoms with Crippen molar-refractivity contribution in [1.29, 1.82) is 0 Å². The number of piperidine rings is 1. The molecule has 132 valence electrons. The second-order valence-electron chi connectivity index (χ2n) is 5.77. The van der Waals surface area contributed by atoms with Crippen molar-refractivity contribution in [2.45, 2.75) is 32.2 Å². The molecule has 0 aliphatic carbocycles. The lowest BCUT2D eigenvalue weighted by Gasteiger charge is -2.29. The van der Waals surface area contributed by atoms with Crippen molar-refractivity contribution in [3.63, 3.8) is 0 Å². The second kappa shape index (κ2) is 8.03. The van der Waals surface area contributed by atoms with Gasteiger partial charge in [0.25, 0.3) is 0 Å². The van der Waals surface area contributed by atoms with Crippen molar-refractivity contribution in [1.82, 2.24) is 10.2 Å². The third-order valence-corrected chi connectivity index (χ3v) is 3.87. The number of hydrogen-bond donors (Lipinski definition) is 2. The smallest absolute Gasteiger partial charge is 0.244 e. The maximum Gasteiger partial charge on any atom is 0.244 e. The van der Waals surface area contributed by atoms with Gasteiger partial charge in [-0.15, -0.1) is 0 Å². The Morgan fingerprint density at radius 2 is 1.71 bits per heavy atom. The van der Waals surface area contributed by atoms with E-state index in [0.717, 1.165) is 19.3 Å². The molecule has 2 amide bonds. The molecule has 0 bridgehead atoms. The summed E-state index contributed by atoms with van der Waals surface area (Å²) in [4.78, 5) is 25.7. The maximum absolute atomic E-state index is 13.5. The van der Waals surface area contributed by atoms with Crippen molar-refractivity contribution in [2.75, 3.05) is 25.0 Å². The molecule has 1 aromatic rings. The van der Waals surface area contributed by atoms with Gasteiger partial charge in [0, 0.05) is 25.2 Å². The lowest BCUT2D eigenvalue weighted by Crippen LogP contribution is -2.49. The predicted molar refractivity (Wildman–Crippen MR) is 82.8 cm³/mol. The first-order chi connectivity index (χ1) is 11.4. The molecule has 1 aliphatic rings. The number of nitrogens with one attached hydrogen (secondary N) is 2. The fourth-order valence-electron chi connectivity index (χ4n) is 2.58. The van der Waals surface area contributed by atoms with E-state index in [1.165, 1.54) is 0 Å². The minimum Gasteiger partial charge on any atom is -0.374 e. The second-order valence-corrected chi connectivity index (χ2v) is 5.77. The number of hydrogen-bond acceptors (Lipinski definition) is 3. The van der Waals surface area contributed by atoms with E-state index in [1.54, 1.807) is 11.8 Å². The highest BCUT2D eigenvalue weighted by Gasteiger charge is 2.23. The molecule has 2 N–H and O–H groups in total. The Kier molecular flexibility index (Phi) is 6.05. The van der Waals surface area contributed by atoms with E-state index in [4.69, 9.17) is 0 Å². The Morgan fingerprint density at radius 3 is 2.38 bits per heavy atom. The fourth-order valence-corrected chi connectivity index (χ4v) is 2.58. The quantitative estimate of drug-likeness (QED) is 0.805. The highest BCUT2D eigenvalue weighted by Crippen LogP contribution is 2.18. The number of rotatable bonds is 5. The summed E-state index contributed by atoms with van der Waals surface area (Å²) >= 11 is 0. The van der Waals surface area contributed by atoms with Crippen molar-refractivity contribution in [3.8, 4) is 0 Å². The molecule has 1 aromatic carbocycles. The minimum absolute atomic E-state index is 0.165. The summed E-state index contributed by atoms with van der Waals surface area (Å²) in [5.74, 6) is -4.23. The van der Waals surface area contributed by atoms with Gasteiger partial charge in [-0.05, 0) is 26.2 Å². The van der Waals surface area contributed by atoms with Gasteiger partial charge >= 0.3 is 0 Å². The van der Waals surface area contributed by atoms with Crippen LogP contribution in [0.1, 0.15) is 26.2 Å². The van der Waals surface area contributed by atoms with E-state index in [2.05, 4.69) is 10.6 Å². The van der Waals surface area contributed by atoms with Crippen LogP contribution in [0.4, 0.5) is 18.9 Å². The van der Waals surface area contributed by atoms with Crippen LogP contribution in [0.3, 0.4) is 0 Å².